The number of nitrogens with zero attached hydrogens (tertiary/aromatic N) is 1. The van der Waals surface area contributed by atoms with Crippen molar-refractivity contribution in [3.63, 3.8) is 0 Å². The van der Waals surface area contributed by atoms with Crippen molar-refractivity contribution in [3.05, 3.63) is 113 Å². The Labute approximate surface area is 174 Å². The zero-order chi connectivity index (χ0) is 20.1. The van der Waals surface area contributed by atoms with Gasteiger partial charge in [0.1, 0.15) is 0 Å². The highest BCUT2D eigenvalue weighted by Crippen LogP contribution is 2.44. The Morgan fingerprint density at radius 1 is 0.828 bits per heavy atom. The summed E-state index contributed by atoms with van der Waals surface area (Å²) in [4.78, 5) is 5.46. The van der Waals surface area contributed by atoms with E-state index in [0.29, 0.717) is 0 Å². The second kappa shape index (κ2) is 8.85. The predicted molar refractivity (Wildman–Crippen MR) is 121 cm³/mol. The molecular formula is C23H22N3OPS. The molecular weight excluding hydrogens is 397 g/mol. The van der Waals surface area contributed by atoms with Gasteiger partial charge in [0.15, 0.2) is 0 Å². The molecule has 4 rings (SSSR count). The molecule has 0 unspecified atom stereocenters. The summed E-state index contributed by atoms with van der Waals surface area (Å²) in [6.07, 6.45) is 1.73. The highest BCUT2D eigenvalue weighted by Gasteiger charge is 2.34. The molecule has 0 bridgehead atoms. The molecule has 4 aromatic rings. The number of nitrogens with one attached hydrogen (secondary N) is 1. The van der Waals surface area contributed by atoms with Crippen LogP contribution in [0.2, 0.25) is 0 Å². The van der Waals surface area contributed by atoms with Crippen molar-refractivity contribution in [2.24, 2.45) is 5.73 Å². The lowest BCUT2D eigenvalue weighted by Gasteiger charge is -2.30. The normalized spacial score (nSPS) is 13.7. The van der Waals surface area contributed by atoms with Crippen molar-refractivity contribution in [2.75, 3.05) is 0 Å². The molecule has 0 fully saturated rings. The third-order valence-electron chi connectivity index (χ3n) is 4.80. The first-order chi connectivity index (χ1) is 14.2. The van der Waals surface area contributed by atoms with Gasteiger partial charge in [-0.2, -0.15) is 0 Å². The topological polar surface area (TPSA) is 68.0 Å². The zero-order valence-corrected chi connectivity index (χ0v) is 17.5. The van der Waals surface area contributed by atoms with Crippen LogP contribution < -0.4 is 21.4 Å². The predicted octanol–water partition coefficient (Wildman–Crippen LogP) is 4.40. The second-order valence-corrected chi connectivity index (χ2v) is 10.2. The van der Waals surface area contributed by atoms with Crippen molar-refractivity contribution in [1.82, 2.24) is 10.1 Å². The molecule has 6 heteroatoms. The van der Waals surface area contributed by atoms with Crippen LogP contribution in [0, 0.1) is 0 Å². The molecule has 0 aliphatic rings. The molecule has 0 radical (unpaired) electrons. The summed E-state index contributed by atoms with van der Waals surface area (Å²) < 4.78 is 14.5. The Hall–Kier alpha value is -2.56. The van der Waals surface area contributed by atoms with Gasteiger partial charge in [0.05, 0.1) is 17.8 Å². The van der Waals surface area contributed by atoms with Crippen LogP contribution in [-0.2, 0) is 4.57 Å². The summed E-state index contributed by atoms with van der Waals surface area (Å²) in [5.74, 6) is 0. The molecule has 2 atom stereocenters. The van der Waals surface area contributed by atoms with Crippen molar-refractivity contribution >= 4 is 29.2 Å². The molecule has 3 N–H and O–H groups in total. The third-order valence-corrected chi connectivity index (χ3v) is 8.45. The maximum atomic E-state index is 14.5. The first kappa shape index (κ1) is 19.7. The Morgan fingerprint density at radius 2 is 1.45 bits per heavy atom. The van der Waals surface area contributed by atoms with E-state index in [4.69, 9.17) is 5.73 Å². The summed E-state index contributed by atoms with van der Waals surface area (Å²) in [5.41, 5.74) is 7.41. The highest BCUT2D eigenvalue weighted by atomic mass is 32.1. The van der Waals surface area contributed by atoms with Crippen LogP contribution >= 0.6 is 18.6 Å². The average molecular weight is 419 g/mol. The molecule has 0 amide bonds. The van der Waals surface area contributed by atoms with Crippen molar-refractivity contribution in [3.8, 4) is 0 Å². The Balaban J connectivity index is 1.80. The summed E-state index contributed by atoms with van der Waals surface area (Å²) >= 11 is 1.59. The number of hydrogen-bond acceptors (Lipinski definition) is 4. The highest BCUT2D eigenvalue weighted by molar-refractivity contribution is 7.76. The van der Waals surface area contributed by atoms with Gasteiger partial charge >= 0.3 is 0 Å². The summed E-state index contributed by atoms with van der Waals surface area (Å²) in [7, 11) is -3.15. The minimum absolute atomic E-state index is 0.351. The molecule has 2 aromatic heterocycles. The maximum Gasteiger partial charge on any atom is 0.205 e. The van der Waals surface area contributed by atoms with E-state index in [1.54, 1.807) is 17.5 Å². The van der Waals surface area contributed by atoms with Gasteiger partial charge < -0.3 is 5.73 Å². The van der Waals surface area contributed by atoms with Crippen LogP contribution in [-0.4, -0.2) is 4.98 Å². The molecule has 0 aliphatic heterocycles. The van der Waals surface area contributed by atoms with E-state index in [2.05, 4.69) is 10.1 Å². The SMILES string of the molecule is N[C@@H](c1ccccn1)[C@@H](NP(=O)(c1ccccc1)c1ccccc1)c1cccs1. The lowest BCUT2D eigenvalue weighted by Crippen LogP contribution is -2.36. The largest absolute Gasteiger partial charge is 0.321 e. The molecule has 146 valence electrons. The van der Waals surface area contributed by atoms with Crippen LogP contribution in [0.1, 0.15) is 22.7 Å². The average Bonchev–Trinajstić information content (AvgIpc) is 3.33. The number of thiophene rings is 1. The minimum Gasteiger partial charge on any atom is -0.321 e. The molecule has 0 spiro atoms. The Bertz CT molecular complexity index is 1030. The van der Waals surface area contributed by atoms with Gasteiger partial charge in [-0.3, -0.25) is 9.55 Å². The van der Waals surface area contributed by atoms with E-state index in [-0.39, 0.29) is 6.04 Å². The standard InChI is InChI=1S/C23H22N3OPS/c24-22(20-14-7-8-16-25-20)23(21-15-9-17-29-21)26-28(27,18-10-3-1-4-11-18)19-12-5-2-6-13-19/h1-17,22-23H,24H2,(H,26,27)/t22-,23-/m0/s1. The van der Waals surface area contributed by atoms with Gasteiger partial charge in [-0.25, -0.2) is 5.09 Å². The fourth-order valence-electron chi connectivity index (χ4n) is 3.30. The fraction of sp³-hybridized carbons (Fsp3) is 0.0870. The van der Waals surface area contributed by atoms with Gasteiger partial charge in [-0.05, 0) is 47.8 Å². The van der Waals surface area contributed by atoms with Crippen LogP contribution in [0.5, 0.6) is 0 Å². The smallest absolute Gasteiger partial charge is 0.205 e. The lowest BCUT2D eigenvalue weighted by molar-refractivity contribution is 0.509. The number of aromatic nitrogens is 1. The molecule has 0 aliphatic carbocycles. The van der Waals surface area contributed by atoms with Crippen LogP contribution in [0.3, 0.4) is 0 Å². The first-order valence-electron chi connectivity index (χ1n) is 9.37. The first-order valence-corrected chi connectivity index (χ1v) is 12.0. The lowest BCUT2D eigenvalue weighted by atomic mass is 10.0. The van der Waals surface area contributed by atoms with E-state index in [0.717, 1.165) is 21.2 Å². The maximum absolute atomic E-state index is 14.5. The van der Waals surface area contributed by atoms with E-state index in [1.165, 1.54) is 0 Å². The Kier molecular flexibility index (Phi) is 6.02. The third kappa shape index (κ3) is 4.24. The molecule has 0 saturated heterocycles. The zero-order valence-electron chi connectivity index (χ0n) is 15.8. The number of pyridine rings is 1. The molecule has 2 aromatic carbocycles. The van der Waals surface area contributed by atoms with Crippen LogP contribution in [0.4, 0.5) is 0 Å². The summed E-state index contributed by atoms with van der Waals surface area (Å²) in [5, 5.41) is 6.97. The molecule has 2 heterocycles. The van der Waals surface area contributed by atoms with Gasteiger partial charge in [0.25, 0.3) is 0 Å². The number of nitrogens with two attached hydrogens (primary N) is 1. The van der Waals surface area contributed by atoms with Crippen LogP contribution in [0.25, 0.3) is 0 Å². The van der Waals surface area contributed by atoms with Gasteiger partial charge in [-0.1, -0.05) is 48.5 Å². The minimum atomic E-state index is -3.15. The van der Waals surface area contributed by atoms with E-state index in [1.807, 2.05) is 96.4 Å². The monoisotopic (exact) mass is 419 g/mol. The summed E-state index contributed by atoms with van der Waals surface area (Å²) in [6.45, 7) is 0. The van der Waals surface area contributed by atoms with Gasteiger partial charge in [-0.15, -0.1) is 11.3 Å². The fourth-order valence-corrected chi connectivity index (χ4v) is 6.69. The molecule has 0 saturated carbocycles. The van der Waals surface area contributed by atoms with Crippen molar-refractivity contribution in [2.45, 2.75) is 12.1 Å². The number of benzene rings is 2. The summed E-state index contributed by atoms with van der Waals surface area (Å²) in [6, 6.07) is 28.0. The number of rotatable bonds is 7. The Morgan fingerprint density at radius 3 is 1.97 bits per heavy atom. The van der Waals surface area contributed by atoms with Gasteiger partial charge in [0.2, 0.25) is 7.29 Å². The van der Waals surface area contributed by atoms with Crippen LogP contribution in [0.15, 0.2) is 103 Å². The quantitative estimate of drug-likeness (QED) is 0.436. The van der Waals surface area contributed by atoms with E-state index >= 15 is 0 Å². The molecule has 29 heavy (non-hydrogen) atoms. The van der Waals surface area contributed by atoms with E-state index < -0.39 is 13.3 Å². The van der Waals surface area contributed by atoms with Crippen molar-refractivity contribution in [1.29, 1.82) is 0 Å². The second-order valence-electron chi connectivity index (χ2n) is 6.68. The van der Waals surface area contributed by atoms with E-state index in [9.17, 15) is 4.57 Å². The molecule has 4 nitrogen and oxygen atoms in total. The van der Waals surface area contributed by atoms with Gasteiger partial charge in [0, 0.05) is 21.7 Å². The number of hydrogen-bond donors (Lipinski definition) is 2. The van der Waals surface area contributed by atoms with Crippen molar-refractivity contribution < 1.29 is 4.57 Å².